The van der Waals surface area contributed by atoms with Crippen LogP contribution >= 0.6 is 0 Å². The zero-order valence-corrected chi connectivity index (χ0v) is 12.7. The van der Waals surface area contributed by atoms with E-state index in [-0.39, 0.29) is 5.82 Å². The van der Waals surface area contributed by atoms with Crippen LogP contribution in [0, 0.1) is 5.82 Å². The minimum atomic E-state index is -0.308. The van der Waals surface area contributed by atoms with Crippen molar-refractivity contribution >= 4 is 0 Å². The average molecular weight is 287 g/mol. The quantitative estimate of drug-likeness (QED) is 0.667. The molecule has 0 N–H and O–H groups in total. The van der Waals surface area contributed by atoms with Gasteiger partial charge in [0.2, 0.25) is 0 Å². The molecule has 0 spiro atoms. The zero-order valence-electron chi connectivity index (χ0n) is 12.7. The SMILES string of the molecule is CCCCCCc1ccc(-c2ccc(OC)cc2F)nc1. The van der Waals surface area contributed by atoms with Crippen LogP contribution in [0.15, 0.2) is 36.5 Å². The number of halogens is 1. The van der Waals surface area contributed by atoms with Gasteiger partial charge in [0.25, 0.3) is 0 Å². The van der Waals surface area contributed by atoms with Crippen LogP contribution in [0.1, 0.15) is 38.2 Å². The summed E-state index contributed by atoms with van der Waals surface area (Å²) in [5.74, 6) is 0.210. The van der Waals surface area contributed by atoms with Crippen molar-refractivity contribution in [3.05, 3.63) is 47.9 Å². The van der Waals surface area contributed by atoms with E-state index in [1.54, 1.807) is 12.1 Å². The van der Waals surface area contributed by atoms with Crippen LogP contribution in [0.2, 0.25) is 0 Å². The Bertz CT molecular complexity index is 566. The molecule has 0 aliphatic carbocycles. The average Bonchev–Trinajstić information content (AvgIpc) is 2.52. The molecule has 0 saturated carbocycles. The lowest BCUT2D eigenvalue weighted by Crippen LogP contribution is -1.92. The first-order valence-corrected chi connectivity index (χ1v) is 7.53. The van der Waals surface area contributed by atoms with Gasteiger partial charge in [0, 0.05) is 17.8 Å². The Morgan fingerprint density at radius 1 is 1.10 bits per heavy atom. The highest BCUT2D eigenvalue weighted by molar-refractivity contribution is 5.61. The number of aromatic nitrogens is 1. The molecule has 0 unspecified atom stereocenters. The maximum absolute atomic E-state index is 14.0. The van der Waals surface area contributed by atoms with Crippen molar-refractivity contribution in [2.45, 2.75) is 39.0 Å². The standard InChI is InChI=1S/C18H22FNO/c1-3-4-5-6-7-14-8-11-18(20-13-14)16-10-9-15(21-2)12-17(16)19/h8-13H,3-7H2,1-2H3. The number of benzene rings is 1. The molecule has 1 aromatic carbocycles. The Morgan fingerprint density at radius 2 is 1.95 bits per heavy atom. The van der Waals surface area contributed by atoms with E-state index < -0.39 is 0 Å². The van der Waals surface area contributed by atoms with Crippen molar-refractivity contribution in [3.63, 3.8) is 0 Å². The molecule has 1 heterocycles. The van der Waals surface area contributed by atoms with E-state index in [0.29, 0.717) is 17.0 Å². The summed E-state index contributed by atoms with van der Waals surface area (Å²) < 4.78 is 19.0. The molecule has 3 heteroatoms. The fourth-order valence-electron chi connectivity index (χ4n) is 2.32. The van der Waals surface area contributed by atoms with E-state index in [4.69, 9.17) is 4.74 Å². The lowest BCUT2D eigenvalue weighted by molar-refractivity contribution is 0.411. The first kappa shape index (κ1) is 15.5. The van der Waals surface area contributed by atoms with Crippen LogP contribution < -0.4 is 4.74 Å². The van der Waals surface area contributed by atoms with Crippen molar-refractivity contribution in [1.29, 1.82) is 0 Å². The molecule has 0 amide bonds. The summed E-state index contributed by atoms with van der Waals surface area (Å²) in [5.41, 5.74) is 2.38. The number of hydrogen-bond acceptors (Lipinski definition) is 2. The van der Waals surface area contributed by atoms with E-state index >= 15 is 0 Å². The number of nitrogens with zero attached hydrogens (tertiary/aromatic N) is 1. The van der Waals surface area contributed by atoms with Gasteiger partial charge in [-0.05, 0) is 36.6 Å². The van der Waals surface area contributed by atoms with Crippen molar-refractivity contribution in [2.75, 3.05) is 7.11 Å². The topological polar surface area (TPSA) is 22.1 Å². The zero-order chi connectivity index (χ0) is 15.1. The maximum Gasteiger partial charge on any atom is 0.136 e. The number of pyridine rings is 1. The Hall–Kier alpha value is -1.90. The summed E-state index contributed by atoms with van der Waals surface area (Å²) >= 11 is 0. The number of methoxy groups -OCH3 is 1. The molecule has 2 rings (SSSR count). The molecule has 1 aromatic heterocycles. The smallest absolute Gasteiger partial charge is 0.136 e. The van der Waals surface area contributed by atoms with Crippen molar-refractivity contribution in [3.8, 4) is 17.0 Å². The van der Waals surface area contributed by atoms with E-state index in [2.05, 4.69) is 11.9 Å². The lowest BCUT2D eigenvalue weighted by atomic mass is 10.1. The number of hydrogen-bond donors (Lipinski definition) is 0. The van der Waals surface area contributed by atoms with Gasteiger partial charge in [0.15, 0.2) is 0 Å². The molecule has 0 aliphatic heterocycles. The Balaban J connectivity index is 2.05. The van der Waals surface area contributed by atoms with Gasteiger partial charge in [-0.2, -0.15) is 0 Å². The van der Waals surface area contributed by atoms with Crippen LogP contribution in [0.5, 0.6) is 5.75 Å². The molecular weight excluding hydrogens is 265 g/mol. The summed E-state index contributed by atoms with van der Waals surface area (Å²) in [6, 6.07) is 8.77. The predicted molar refractivity (Wildman–Crippen MR) is 84.0 cm³/mol. The van der Waals surface area contributed by atoms with Crippen LogP contribution in [-0.4, -0.2) is 12.1 Å². The normalized spacial score (nSPS) is 10.6. The minimum absolute atomic E-state index is 0.308. The van der Waals surface area contributed by atoms with Crippen LogP contribution in [0.3, 0.4) is 0 Å². The van der Waals surface area contributed by atoms with Gasteiger partial charge in [-0.25, -0.2) is 4.39 Å². The Morgan fingerprint density at radius 3 is 2.57 bits per heavy atom. The molecule has 2 aromatic rings. The van der Waals surface area contributed by atoms with E-state index in [0.717, 1.165) is 6.42 Å². The highest BCUT2D eigenvalue weighted by Gasteiger charge is 2.07. The van der Waals surface area contributed by atoms with Crippen molar-refractivity contribution in [2.24, 2.45) is 0 Å². The maximum atomic E-state index is 14.0. The van der Waals surface area contributed by atoms with E-state index in [1.165, 1.54) is 44.4 Å². The molecule has 21 heavy (non-hydrogen) atoms. The lowest BCUT2D eigenvalue weighted by Gasteiger charge is -2.06. The number of rotatable bonds is 7. The first-order chi connectivity index (χ1) is 10.2. The van der Waals surface area contributed by atoms with Gasteiger partial charge < -0.3 is 4.74 Å². The van der Waals surface area contributed by atoms with Gasteiger partial charge in [-0.1, -0.05) is 32.3 Å². The number of unbranched alkanes of at least 4 members (excludes halogenated alkanes) is 3. The summed E-state index contributed by atoms with van der Waals surface area (Å²) in [6.45, 7) is 2.21. The minimum Gasteiger partial charge on any atom is -0.497 e. The van der Waals surface area contributed by atoms with Gasteiger partial charge in [0.05, 0.1) is 12.8 Å². The van der Waals surface area contributed by atoms with Gasteiger partial charge in [0.1, 0.15) is 11.6 Å². The fraction of sp³-hybridized carbons (Fsp3) is 0.389. The molecule has 2 nitrogen and oxygen atoms in total. The third-order valence-corrected chi connectivity index (χ3v) is 3.60. The van der Waals surface area contributed by atoms with Crippen molar-refractivity contribution < 1.29 is 9.13 Å². The number of aryl methyl sites for hydroxylation is 1. The van der Waals surface area contributed by atoms with Crippen LogP contribution in [-0.2, 0) is 6.42 Å². The van der Waals surface area contributed by atoms with Crippen LogP contribution in [0.4, 0.5) is 4.39 Å². The third kappa shape index (κ3) is 4.28. The second-order valence-electron chi connectivity index (χ2n) is 5.21. The monoisotopic (exact) mass is 287 g/mol. The fourth-order valence-corrected chi connectivity index (χ4v) is 2.32. The van der Waals surface area contributed by atoms with Crippen LogP contribution in [0.25, 0.3) is 11.3 Å². The summed E-state index contributed by atoms with van der Waals surface area (Å²) in [6.07, 6.45) is 7.86. The predicted octanol–water partition coefficient (Wildman–Crippen LogP) is 5.02. The van der Waals surface area contributed by atoms with Crippen molar-refractivity contribution in [1.82, 2.24) is 4.98 Å². The van der Waals surface area contributed by atoms with E-state index in [9.17, 15) is 4.39 Å². The summed E-state index contributed by atoms with van der Waals surface area (Å²) in [4.78, 5) is 4.38. The summed E-state index contributed by atoms with van der Waals surface area (Å²) in [7, 11) is 1.53. The largest absolute Gasteiger partial charge is 0.497 e. The Labute approximate surface area is 126 Å². The number of ether oxygens (including phenoxy) is 1. The molecule has 0 bridgehead atoms. The molecule has 0 saturated heterocycles. The first-order valence-electron chi connectivity index (χ1n) is 7.53. The third-order valence-electron chi connectivity index (χ3n) is 3.60. The molecule has 0 radical (unpaired) electrons. The molecule has 0 fully saturated rings. The van der Waals surface area contributed by atoms with Gasteiger partial charge in [-0.3, -0.25) is 4.98 Å². The van der Waals surface area contributed by atoms with Gasteiger partial charge in [-0.15, -0.1) is 0 Å². The Kier molecular flexibility index (Phi) is 5.73. The highest BCUT2D eigenvalue weighted by atomic mass is 19.1. The second-order valence-corrected chi connectivity index (χ2v) is 5.21. The molecule has 0 aliphatic rings. The second kappa shape index (κ2) is 7.77. The summed E-state index contributed by atoms with van der Waals surface area (Å²) in [5, 5.41) is 0. The van der Waals surface area contributed by atoms with Gasteiger partial charge >= 0.3 is 0 Å². The van der Waals surface area contributed by atoms with E-state index in [1.807, 2.05) is 18.3 Å². The molecule has 112 valence electrons. The molecular formula is C18H22FNO. The highest BCUT2D eigenvalue weighted by Crippen LogP contribution is 2.25. The molecule has 0 atom stereocenters.